The summed E-state index contributed by atoms with van der Waals surface area (Å²) >= 11 is 0. The summed E-state index contributed by atoms with van der Waals surface area (Å²) in [7, 11) is 1.94. The maximum Gasteiger partial charge on any atom is 0.272 e. The third kappa shape index (κ3) is 6.71. The van der Waals surface area contributed by atoms with Gasteiger partial charge < -0.3 is 5.32 Å². The van der Waals surface area contributed by atoms with Gasteiger partial charge in [0.2, 0.25) is 0 Å². The standard InChI is InChI=1S/C17H28N2O2/c1-3-4-5-6-7-8-12-16(18-2)14-15-11-9-10-13-17(15)19(20)21/h9-11,13,16,18H,3-8,12,14H2,1-2H3. The minimum atomic E-state index is -0.285. The lowest BCUT2D eigenvalue weighted by Gasteiger charge is -2.16. The zero-order valence-corrected chi connectivity index (χ0v) is 13.3. The molecule has 0 radical (unpaired) electrons. The number of nitrogens with zero attached hydrogens (tertiary/aromatic N) is 1. The number of hydrogen-bond donors (Lipinski definition) is 1. The third-order valence-corrected chi connectivity index (χ3v) is 3.97. The SMILES string of the molecule is CCCCCCCCC(Cc1ccccc1[N+](=O)[O-])NC. The fraction of sp³-hybridized carbons (Fsp3) is 0.647. The summed E-state index contributed by atoms with van der Waals surface area (Å²) in [5.74, 6) is 0. The van der Waals surface area contributed by atoms with Gasteiger partial charge in [-0.05, 0) is 19.9 Å². The Bertz CT molecular complexity index is 421. The van der Waals surface area contributed by atoms with Gasteiger partial charge in [0.05, 0.1) is 4.92 Å². The van der Waals surface area contributed by atoms with Crippen molar-refractivity contribution < 1.29 is 4.92 Å². The van der Waals surface area contributed by atoms with Crippen molar-refractivity contribution in [2.75, 3.05) is 7.05 Å². The number of benzene rings is 1. The first kappa shape index (κ1) is 17.6. The molecular weight excluding hydrogens is 264 g/mol. The monoisotopic (exact) mass is 292 g/mol. The van der Waals surface area contributed by atoms with Crippen molar-refractivity contribution in [3.8, 4) is 0 Å². The van der Waals surface area contributed by atoms with E-state index >= 15 is 0 Å². The Kier molecular flexibility index (Phi) is 8.67. The van der Waals surface area contributed by atoms with Crippen LogP contribution in [0.25, 0.3) is 0 Å². The quantitative estimate of drug-likeness (QED) is 0.372. The topological polar surface area (TPSA) is 55.2 Å². The van der Waals surface area contributed by atoms with E-state index in [1.807, 2.05) is 19.2 Å². The zero-order chi connectivity index (χ0) is 15.5. The molecule has 0 saturated heterocycles. The fourth-order valence-electron chi connectivity index (χ4n) is 2.65. The Morgan fingerprint density at radius 1 is 1.14 bits per heavy atom. The Balaban J connectivity index is 2.42. The van der Waals surface area contributed by atoms with Gasteiger partial charge in [0.1, 0.15) is 0 Å². The maximum atomic E-state index is 11.0. The first-order valence-electron chi connectivity index (χ1n) is 8.08. The number of unbranched alkanes of at least 4 members (excludes halogenated alkanes) is 5. The highest BCUT2D eigenvalue weighted by atomic mass is 16.6. The highest BCUT2D eigenvalue weighted by Crippen LogP contribution is 2.20. The van der Waals surface area contributed by atoms with Crippen molar-refractivity contribution >= 4 is 5.69 Å². The van der Waals surface area contributed by atoms with E-state index in [2.05, 4.69) is 12.2 Å². The lowest BCUT2D eigenvalue weighted by atomic mass is 9.99. The van der Waals surface area contributed by atoms with Gasteiger partial charge in [-0.3, -0.25) is 10.1 Å². The molecule has 4 nitrogen and oxygen atoms in total. The van der Waals surface area contributed by atoms with Crippen LogP contribution >= 0.6 is 0 Å². The second-order valence-corrected chi connectivity index (χ2v) is 5.63. The number of nitro groups is 1. The van der Waals surface area contributed by atoms with Crippen molar-refractivity contribution in [3.63, 3.8) is 0 Å². The van der Waals surface area contributed by atoms with Crippen LogP contribution in [-0.4, -0.2) is 18.0 Å². The van der Waals surface area contributed by atoms with Gasteiger partial charge in [0.25, 0.3) is 5.69 Å². The average Bonchev–Trinajstić information content (AvgIpc) is 2.49. The van der Waals surface area contributed by atoms with E-state index in [1.54, 1.807) is 12.1 Å². The van der Waals surface area contributed by atoms with Crippen LogP contribution in [0.5, 0.6) is 0 Å². The summed E-state index contributed by atoms with van der Waals surface area (Å²) in [4.78, 5) is 10.8. The van der Waals surface area contributed by atoms with E-state index in [-0.39, 0.29) is 10.6 Å². The van der Waals surface area contributed by atoms with Crippen molar-refractivity contribution in [2.24, 2.45) is 0 Å². The number of nitro benzene ring substituents is 1. The molecule has 1 unspecified atom stereocenters. The molecular formula is C17H28N2O2. The first-order valence-corrected chi connectivity index (χ1v) is 8.08. The molecule has 0 heterocycles. The highest BCUT2D eigenvalue weighted by Gasteiger charge is 2.16. The molecule has 0 fully saturated rings. The number of rotatable bonds is 11. The van der Waals surface area contributed by atoms with Crippen LogP contribution in [0.2, 0.25) is 0 Å². The molecule has 0 amide bonds. The molecule has 0 saturated carbocycles. The van der Waals surface area contributed by atoms with E-state index < -0.39 is 0 Å². The molecule has 0 bridgehead atoms. The molecule has 0 spiro atoms. The smallest absolute Gasteiger partial charge is 0.272 e. The van der Waals surface area contributed by atoms with Crippen molar-refractivity contribution in [3.05, 3.63) is 39.9 Å². The molecule has 0 aliphatic carbocycles. The second-order valence-electron chi connectivity index (χ2n) is 5.63. The van der Waals surface area contributed by atoms with Crippen LogP contribution in [0, 0.1) is 10.1 Å². The fourth-order valence-corrected chi connectivity index (χ4v) is 2.65. The van der Waals surface area contributed by atoms with Gasteiger partial charge in [0.15, 0.2) is 0 Å². The zero-order valence-electron chi connectivity index (χ0n) is 13.3. The molecule has 118 valence electrons. The molecule has 0 aromatic heterocycles. The van der Waals surface area contributed by atoms with Gasteiger partial charge in [-0.1, -0.05) is 63.6 Å². The van der Waals surface area contributed by atoms with E-state index in [9.17, 15) is 10.1 Å². The van der Waals surface area contributed by atoms with E-state index in [4.69, 9.17) is 0 Å². The van der Waals surface area contributed by atoms with Gasteiger partial charge in [-0.2, -0.15) is 0 Å². The molecule has 1 aromatic carbocycles. The molecule has 1 rings (SSSR count). The second kappa shape index (κ2) is 10.3. The average molecular weight is 292 g/mol. The van der Waals surface area contributed by atoms with Gasteiger partial charge in [-0.25, -0.2) is 0 Å². The van der Waals surface area contributed by atoms with Crippen LogP contribution < -0.4 is 5.32 Å². The minimum absolute atomic E-state index is 0.237. The van der Waals surface area contributed by atoms with Crippen molar-refractivity contribution in [1.82, 2.24) is 5.32 Å². The largest absolute Gasteiger partial charge is 0.317 e. The minimum Gasteiger partial charge on any atom is -0.317 e. The molecule has 4 heteroatoms. The van der Waals surface area contributed by atoms with E-state index in [0.29, 0.717) is 6.04 Å². The van der Waals surface area contributed by atoms with Gasteiger partial charge >= 0.3 is 0 Å². The molecule has 1 atom stereocenters. The van der Waals surface area contributed by atoms with Gasteiger partial charge in [-0.15, -0.1) is 0 Å². The number of likely N-dealkylation sites (N-methyl/N-ethyl adjacent to an activating group) is 1. The summed E-state index contributed by atoms with van der Waals surface area (Å²) in [6.45, 7) is 2.23. The molecule has 21 heavy (non-hydrogen) atoms. The summed E-state index contributed by atoms with van der Waals surface area (Å²) in [6, 6.07) is 7.37. The van der Waals surface area contributed by atoms with Crippen LogP contribution in [0.1, 0.15) is 57.4 Å². The van der Waals surface area contributed by atoms with Crippen molar-refractivity contribution in [1.29, 1.82) is 0 Å². The number of nitrogens with one attached hydrogen (secondary N) is 1. The van der Waals surface area contributed by atoms with E-state index in [0.717, 1.165) is 18.4 Å². The first-order chi connectivity index (χ1) is 10.2. The predicted octanol–water partition coefficient (Wildman–Crippen LogP) is 4.48. The van der Waals surface area contributed by atoms with Crippen LogP contribution in [-0.2, 0) is 6.42 Å². The van der Waals surface area contributed by atoms with Crippen molar-refractivity contribution in [2.45, 2.75) is 64.3 Å². The summed E-state index contributed by atoms with van der Waals surface area (Å²) in [5, 5.41) is 14.3. The maximum absolute atomic E-state index is 11.0. The Morgan fingerprint density at radius 2 is 1.81 bits per heavy atom. The lowest BCUT2D eigenvalue weighted by Crippen LogP contribution is -2.27. The number of para-hydroxylation sites is 1. The highest BCUT2D eigenvalue weighted by molar-refractivity contribution is 5.40. The molecule has 0 aliphatic rings. The lowest BCUT2D eigenvalue weighted by molar-refractivity contribution is -0.385. The Labute approximate surface area is 128 Å². The Morgan fingerprint density at radius 3 is 2.48 bits per heavy atom. The van der Waals surface area contributed by atoms with Crippen LogP contribution in [0.3, 0.4) is 0 Å². The summed E-state index contributed by atoms with van der Waals surface area (Å²) in [5.41, 5.74) is 1.06. The third-order valence-electron chi connectivity index (χ3n) is 3.97. The molecule has 0 aliphatic heterocycles. The number of hydrogen-bond acceptors (Lipinski definition) is 3. The van der Waals surface area contributed by atoms with E-state index in [1.165, 1.54) is 38.5 Å². The molecule has 1 aromatic rings. The summed E-state index contributed by atoms with van der Waals surface area (Å²) < 4.78 is 0. The van der Waals surface area contributed by atoms with Crippen LogP contribution in [0.15, 0.2) is 24.3 Å². The Hall–Kier alpha value is -1.42. The van der Waals surface area contributed by atoms with Crippen LogP contribution in [0.4, 0.5) is 5.69 Å². The normalized spacial score (nSPS) is 12.3. The summed E-state index contributed by atoms with van der Waals surface area (Å²) in [6.07, 6.45) is 9.48. The predicted molar refractivity (Wildman–Crippen MR) is 87.6 cm³/mol. The molecule has 1 N–H and O–H groups in total. The van der Waals surface area contributed by atoms with Gasteiger partial charge in [0, 0.05) is 17.7 Å².